The number of nitrogens with one attached hydrogen (secondary N) is 1. The number of anilines is 1. The van der Waals surface area contributed by atoms with E-state index in [2.05, 4.69) is 5.32 Å². The van der Waals surface area contributed by atoms with Crippen LogP contribution in [-0.4, -0.2) is 12.2 Å². The summed E-state index contributed by atoms with van der Waals surface area (Å²) in [6.45, 7) is 0.397. The molecular weight excluding hydrogens is 269 g/mol. The number of rotatable bonds is 4. The molecule has 0 amide bonds. The van der Waals surface area contributed by atoms with Gasteiger partial charge < -0.3 is 15.2 Å². The monoisotopic (exact) mass is 281 g/mol. The van der Waals surface area contributed by atoms with Gasteiger partial charge in [0.25, 0.3) is 0 Å². The molecule has 0 atom stereocenters. The molecule has 100 valence electrons. The molecule has 0 unspecified atom stereocenters. The van der Waals surface area contributed by atoms with Crippen molar-refractivity contribution < 1.29 is 14.2 Å². The molecule has 0 aliphatic rings. The lowest BCUT2D eigenvalue weighted by Gasteiger charge is -2.11. The highest BCUT2D eigenvalue weighted by Crippen LogP contribution is 2.28. The van der Waals surface area contributed by atoms with E-state index in [1.807, 2.05) is 0 Å². The fourth-order valence-electron chi connectivity index (χ4n) is 1.68. The smallest absolute Gasteiger partial charge is 0.165 e. The van der Waals surface area contributed by atoms with Crippen LogP contribution in [0.15, 0.2) is 36.4 Å². The molecule has 2 rings (SSSR count). The van der Waals surface area contributed by atoms with E-state index >= 15 is 0 Å². The lowest BCUT2D eigenvalue weighted by Crippen LogP contribution is -2.01. The molecule has 2 N–H and O–H groups in total. The van der Waals surface area contributed by atoms with E-state index in [0.29, 0.717) is 22.9 Å². The Bertz CT molecular complexity index is 590. The fraction of sp³-hybridized carbons (Fsp3) is 0.143. The molecule has 0 heterocycles. The molecule has 0 saturated carbocycles. The summed E-state index contributed by atoms with van der Waals surface area (Å²) in [5.41, 5.74) is 1.43. The van der Waals surface area contributed by atoms with Gasteiger partial charge in [-0.15, -0.1) is 0 Å². The van der Waals surface area contributed by atoms with Crippen molar-refractivity contribution in [3.8, 4) is 11.5 Å². The average Bonchev–Trinajstić information content (AvgIpc) is 2.40. The van der Waals surface area contributed by atoms with Crippen molar-refractivity contribution in [3.05, 3.63) is 52.8 Å². The number of halogens is 2. The second kappa shape index (κ2) is 5.80. The molecule has 5 heteroatoms. The third-order valence-electron chi connectivity index (χ3n) is 2.66. The van der Waals surface area contributed by atoms with Crippen molar-refractivity contribution >= 4 is 17.3 Å². The van der Waals surface area contributed by atoms with Crippen LogP contribution in [-0.2, 0) is 6.54 Å². The number of methoxy groups -OCH3 is 1. The Morgan fingerprint density at radius 1 is 1.26 bits per heavy atom. The van der Waals surface area contributed by atoms with Gasteiger partial charge in [-0.1, -0.05) is 17.7 Å². The van der Waals surface area contributed by atoms with Gasteiger partial charge in [-0.25, -0.2) is 4.39 Å². The summed E-state index contributed by atoms with van der Waals surface area (Å²) < 4.78 is 18.4. The summed E-state index contributed by atoms with van der Waals surface area (Å²) in [4.78, 5) is 0. The minimum Gasteiger partial charge on any atom is -0.505 e. The van der Waals surface area contributed by atoms with Crippen molar-refractivity contribution in [2.75, 3.05) is 12.4 Å². The largest absolute Gasteiger partial charge is 0.505 e. The van der Waals surface area contributed by atoms with Gasteiger partial charge in [0.15, 0.2) is 11.6 Å². The Hall–Kier alpha value is -1.94. The first-order valence-corrected chi connectivity index (χ1v) is 6.03. The van der Waals surface area contributed by atoms with E-state index in [1.54, 1.807) is 31.4 Å². The zero-order valence-corrected chi connectivity index (χ0v) is 11.0. The minimum atomic E-state index is -0.641. The quantitative estimate of drug-likeness (QED) is 0.895. The molecular formula is C14H13ClFNO2. The predicted molar refractivity (Wildman–Crippen MR) is 73.4 cm³/mol. The summed E-state index contributed by atoms with van der Waals surface area (Å²) in [6.07, 6.45) is 0. The van der Waals surface area contributed by atoms with Gasteiger partial charge in [-0.2, -0.15) is 0 Å². The van der Waals surface area contributed by atoms with Gasteiger partial charge in [0, 0.05) is 11.6 Å². The molecule has 2 aromatic rings. The number of aromatic hydroxyl groups is 1. The standard InChI is InChI=1S/C14H13ClFNO2/c1-19-14-5-3-10(15)7-12(14)17-8-9-2-4-13(18)11(16)6-9/h2-7,17-18H,8H2,1H3. The number of benzene rings is 2. The first-order valence-electron chi connectivity index (χ1n) is 5.65. The van der Waals surface area contributed by atoms with Gasteiger partial charge >= 0.3 is 0 Å². The van der Waals surface area contributed by atoms with Crippen LogP contribution >= 0.6 is 11.6 Å². The highest BCUT2D eigenvalue weighted by Gasteiger charge is 2.05. The van der Waals surface area contributed by atoms with E-state index in [0.717, 1.165) is 5.69 Å². The zero-order valence-electron chi connectivity index (χ0n) is 10.3. The van der Waals surface area contributed by atoms with Gasteiger partial charge in [0.1, 0.15) is 5.75 Å². The second-order valence-corrected chi connectivity index (χ2v) is 4.42. The van der Waals surface area contributed by atoms with E-state index in [4.69, 9.17) is 21.4 Å². The second-order valence-electron chi connectivity index (χ2n) is 3.98. The zero-order chi connectivity index (χ0) is 13.8. The van der Waals surface area contributed by atoms with Crippen molar-refractivity contribution in [2.24, 2.45) is 0 Å². The Morgan fingerprint density at radius 3 is 2.74 bits per heavy atom. The highest BCUT2D eigenvalue weighted by molar-refractivity contribution is 6.30. The van der Waals surface area contributed by atoms with E-state index in [1.165, 1.54) is 12.1 Å². The SMILES string of the molecule is COc1ccc(Cl)cc1NCc1ccc(O)c(F)c1. The number of phenols is 1. The molecule has 2 aromatic carbocycles. The number of ether oxygens (including phenoxy) is 1. The first-order chi connectivity index (χ1) is 9.10. The molecule has 0 bridgehead atoms. The highest BCUT2D eigenvalue weighted by atomic mass is 35.5. The normalized spacial score (nSPS) is 10.3. The van der Waals surface area contributed by atoms with Crippen LogP contribution in [0.25, 0.3) is 0 Å². The van der Waals surface area contributed by atoms with E-state index in [9.17, 15) is 4.39 Å². The Labute approximate surface area is 115 Å². The van der Waals surface area contributed by atoms with Crippen LogP contribution in [0.3, 0.4) is 0 Å². The topological polar surface area (TPSA) is 41.5 Å². The molecule has 0 aromatic heterocycles. The van der Waals surface area contributed by atoms with Crippen molar-refractivity contribution in [1.82, 2.24) is 0 Å². The summed E-state index contributed by atoms with van der Waals surface area (Å²) in [7, 11) is 1.56. The van der Waals surface area contributed by atoms with Gasteiger partial charge in [0.05, 0.1) is 12.8 Å². The van der Waals surface area contributed by atoms with Crippen molar-refractivity contribution in [1.29, 1.82) is 0 Å². The maximum absolute atomic E-state index is 13.2. The molecule has 0 spiro atoms. The van der Waals surface area contributed by atoms with Crippen LogP contribution in [0.1, 0.15) is 5.56 Å². The maximum Gasteiger partial charge on any atom is 0.165 e. The third kappa shape index (κ3) is 3.29. The van der Waals surface area contributed by atoms with Crippen LogP contribution in [0, 0.1) is 5.82 Å². The summed E-state index contributed by atoms with van der Waals surface area (Å²) >= 11 is 5.91. The van der Waals surface area contributed by atoms with Crippen LogP contribution in [0.2, 0.25) is 5.02 Å². The summed E-state index contributed by atoms with van der Waals surface area (Å²) in [5, 5.41) is 12.8. The van der Waals surface area contributed by atoms with Gasteiger partial charge in [-0.3, -0.25) is 0 Å². The van der Waals surface area contributed by atoms with E-state index < -0.39 is 5.82 Å². The van der Waals surface area contributed by atoms with Crippen molar-refractivity contribution in [3.63, 3.8) is 0 Å². The summed E-state index contributed by atoms with van der Waals surface area (Å²) in [5.74, 6) is -0.343. The minimum absolute atomic E-state index is 0.357. The number of hydrogen-bond donors (Lipinski definition) is 2. The Balaban J connectivity index is 2.13. The Morgan fingerprint density at radius 2 is 2.05 bits per heavy atom. The lowest BCUT2D eigenvalue weighted by molar-refractivity contribution is 0.416. The summed E-state index contributed by atoms with van der Waals surface area (Å²) in [6, 6.07) is 9.45. The molecule has 0 aliphatic heterocycles. The maximum atomic E-state index is 13.2. The molecule has 0 fully saturated rings. The van der Waals surface area contributed by atoms with Crippen LogP contribution in [0.5, 0.6) is 11.5 Å². The first kappa shape index (κ1) is 13.5. The third-order valence-corrected chi connectivity index (χ3v) is 2.89. The van der Waals surface area contributed by atoms with Gasteiger partial charge in [-0.05, 0) is 35.9 Å². The van der Waals surface area contributed by atoms with Crippen molar-refractivity contribution in [2.45, 2.75) is 6.54 Å². The predicted octanol–water partition coefficient (Wildman–Crippen LogP) is 3.81. The molecule has 0 saturated heterocycles. The van der Waals surface area contributed by atoms with Crippen LogP contribution in [0.4, 0.5) is 10.1 Å². The van der Waals surface area contributed by atoms with E-state index in [-0.39, 0.29) is 5.75 Å². The number of hydrogen-bond acceptors (Lipinski definition) is 3. The molecule has 0 aliphatic carbocycles. The lowest BCUT2D eigenvalue weighted by atomic mass is 10.2. The molecule has 0 radical (unpaired) electrons. The fourth-order valence-corrected chi connectivity index (χ4v) is 1.85. The molecule has 3 nitrogen and oxygen atoms in total. The Kier molecular flexibility index (Phi) is 4.12. The van der Waals surface area contributed by atoms with Crippen LogP contribution < -0.4 is 10.1 Å². The average molecular weight is 282 g/mol. The molecule has 19 heavy (non-hydrogen) atoms. The number of phenolic OH excluding ortho intramolecular Hbond substituents is 1. The van der Waals surface area contributed by atoms with Gasteiger partial charge in [0.2, 0.25) is 0 Å².